The first-order chi connectivity index (χ1) is 7.29. The number of carboxylic acid groups (broad SMARTS) is 1. The van der Waals surface area contributed by atoms with E-state index in [2.05, 4.69) is 10.6 Å². The van der Waals surface area contributed by atoms with Gasteiger partial charge < -0.3 is 20.6 Å². The quantitative estimate of drug-likeness (QED) is 0.605. The smallest absolute Gasteiger partial charge is 0.328 e. The molecular weight excluding hydrogens is 210 g/mol. The molecule has 94 valence electrons. The summed E-state index contributed by atoms with van der Waals surface area (Å²) in [5.41, 5.74) is -1.25. The molecule has 0 unspecified atom stereocenters. The van der Waals surface area contributed by atoms with Crippen molar-refractivity contribution < 1.29 is 14.7 Å². The summed E-state index contributed by atoms with van der Waals surface area (Å²) in [6, 6.07) is -0.461. The Kier molecular flexibility index (Phi) is 5.81. The Hall–Kier alpha value is -1.30. The van der Waals surface area contributed by atoms with E-state index in [0.717, 1.165) is 13.1 Å². The third-order valence-electron chi connectivity index (χ3n) is 2.28. The molecular formula is C10H21N3O3. The summed E-state index contributed by atoms with van der Waals surface area (Å²) in [5.74, 6) is -1.06. The van der Waals surface area contributed by atoms with Crippen LogP contribution in [0.25, 0.3) is 0 Å². The second-order valence-electron chi connectivity index (χ2n) is 4.21. The van der Waals surface area contributed by atoms with E-state index in [9.17, 15) is 9.59 Å². The van der Waals surface area contributed by atoms with Gasteiger partial charge in [0.25, 0.3) is 0 Å². The molecule has 16 heavy (non-hydrogen) atoms. The van der Waals surface area contributed by atoms with E-state index in [0.29, 0.717) is 6.54 Å². The van der Waals surface area contributed by atoms with E-state index in [4.69, 9.17) is 5.11 Å². The lowest BCUT2D eigenvalue weighted by molar-refractivity contribution is -0.142. The normalized spacial score (nSPS) is 11.3. The Morgan fingerprint density at radius 2 is 1.94 bits per heavy atom. The lowest BCUT2D eigenvalue weighted by atomic mass is 10.1. The first-order valence-corrected chi connectivity index (χ1v) is 5.27. The van der Waals surface area contributed by atoms with Crippen LogP contribution in [0.15, 0.2) is 0 Å². The second kappa shape index (κ2) is 6.32. The third kappa shape index (κ3) is 5.55. The molecule has 0 rings (SSSR count). The lowest BCUT2D eigenvalue weighted by Crippen LogP contribution is -2.53. The average Bonchev–Trinajstić information content (AvgIpc) is 2.16. The lowest BCUT2D eigenvalue weighted by Gasteiger charge is -2.21. The van der Waals surface area contributed by atoms with Gasteiger partial charge in [0.05, 0.1) is 0 Å². The van der Waals surface area contributed by atoms with Crippen LogP contribution in [0.5, 0.6) is 0 Å². The van der Waals surface area contributed by atoms with Crippen molar-refractivity contribution in [1.82, 2.24) is 15.5 Å². The number of amides is 2. The SMILES string of the molecule is CCN(C)CCNC(=O)NC(C)(C)C(=O)O. The third-order valence-corrected chi connectivity index (χ3v) is 2.28. The molecule has 0 fully saturated rings. The predicted octanol–water partition coefficient (Wildman–Crippen LogP) is 0.101. The van der Waals surface area contributed by atoms with E-state index < -0.39 is 17.5 Å². The van der Waals surface area contributed by atoms with Crippen LogP contribution in [0.4, 0.5) is 4.79 Å². The van der Waals surface area contributed by atoms with Crippen molar-refractivity contribution in [3.63, 3.8) is 0 Å². The van der Waals surface area contributed by atoms with Crippen LogP contribution in [-0.2, 0) is 4.79 Å². The minimum absolute atomic E-state index is 0.461. The van der Waals surface area contributed by atoms with Gasteiger partial charge in [-0.15, -0.1) is 0 Å². The average molecular weight is 231 g/mol. The Morgan fingerprint density at radius 3 is 2.38 bits per heavy atom. The number of nitrogens with one attached hydrogen (secondary N) is 2. The van der Waals surface area contributed by atoms with Crippen molar-refractivity contribution in [1.29, 1.82) is 0 Å². The summed E-state index contributed by atoms with van der Waals surface area (Å²) in [7, 11) is 1.95. The molecule has 0 spiro atoms. The van der Waals surface area contributed by atoms with Gasteiger partial charge in [-0.2, -0.15) is 0 Å². The fourth-order valence-electron chi connectivity index (χ4n) is 0.900. The summed E-state index contributed by atoms with van der Waals surface area (Å²) in [6.45, 7) is 7.03. The summed E-state index contributed by atoms with van der Waals surface area (Å²) in [5, 5.41) is 13.8. The molecule has 0 aromatic carbocycles. The first kappa shape index (κ1) is 14.7. The Morgan fingerprint density at radius 1 is 1.38 bits per heavy atom. The molecule has 0 aromatic rings. The number of likely N-dealkylation sites (N-methyl/N-ethyl adjacent to an activating group) is 1. The van der Waals surface area contributed by atoms with Crippen LogP contribution in [0, 0.1) is 0 Å². The number of rotatable bonds is 6. The van der Waals surface area contributed by atoms with Crippen molar-refractivity contribution >= 4 is 12.0 Å². The molecule has 0 atom stereocenters. The van der Waals surface area contributed by atoms with E-state index in [1.165, 1.54) is 13.8 Å². The largest absolute Gasteiger partial charge is 0.480 e. The molecule has 2 amide bonds. The van der Waals surface area contributed by atoms with Gasteiger partial charge in [0, 0.05) is 13.1 Å². The Labute approximate surface area is 96.0 Å². The zero-order valence-corrected chi connectivity index (χ0v) is 10.3. The van der Waals surface area contributed by atoms with Crippen LogP contribution < -0.4 is 10.6 Å². The van der Waals surface area contributed by atoms with Crippen molar-refractivity contribution in [2.45, 2.75) is 26.3 Å². The maximum absolute atomic E-state index is 11.3. The number of nitrogens with zero attached hydrogens (tertiary/aromatic N) is 1. The zero-order valence-electron chi connectivity index (χ0n) is 10.3. The molecule has 6 heteroatoms. The van der Waals surface area contributed by atoms with Gasteiger partial charge in [0.1, 0.15) is 5.54 Å². The Bertz CT molecular complexity index is 254. The van der Waals surface area contributed by atoms with Gasteiger partial charge in [-0.3, -0.25) is 0 Å². The van der Waals surface area contributed by atoms with Gasteiger partial charge in [-0.05, 0) is 27.4 Å². The topological polar surface area (TPSA) is 81.7 Å². The fraction of sp³-hybridized carbons (Fsp3) is 0.800. The van der Waals surface area contributed by atoms with Crippen LogP contribution in [0.2, 0.25) is 0 Å². The summed E-state index contributed by atoms with van der Waals surface area (Å²) in [6.07, 6.45) is 0. The highest BCUT2D eigenvalue weighted by Gasteiger charge is 2.28. The van der Waals surface area contributed by atoms with Crippen LogP contribution in [-0.4, -0.2) is 54.2 Å². The molecule has 0 saturated heterocycles. The highest BCUT2D eigenvalue weighted by Crippen LogP contribution is 2.00. The van der Waals surface area contributed by atoms with Gasteiger partial charge in [-0.1, -0.05) is 6.92 Å². The molecule has 3 N–H and O–H groups in total. The van der Waals surface area contributed by atoms with Crippen LogP contribution in [0.3, 0.4) is 0 Å². The number of carbonyl (C=O) groups excluding carboxylic acids is 1. The standard InChI is InChI=1S/C10H21N3O3/c1-5-13(4)7-6-11-9(16)12-10(2,3)8(14)15/h5-7H2,1-4H3,(H,14,15)(H2,11,12,16). The number of hydrogen-bond donors (Lipinski definition) is 3. The maximum atomic E-state index is 11.3. The molecule has 0 aliphatic rings. The molecule has 0 aliphatic carbocycles. The minimum Gasteiger partial charge on any atom is -0.480 e. The van der Waals surface area contributed by atoms with Gasteiger partial charge in [0.15, 0.2) is 0 Å². The number of hydrogen-bond acceptors (Lipinski definition) is 3. The van der Waals surface area contributed by atoms with Crippen molar-refractivity contribution in [2.75, 3.05) is 26.7 Å². The zero-order chi connectivity index (χ0) is 12.8. The van der Waals surface area contributed by atoms with Crippen LogP contribution >= 0.6 is 0 Å². The van der Waals surface area contributed by atoms with E-state index >= 15 is 0 Å². The molecule has 0 bridgehead atoms. The molecule has 0 saturated carbocycles. The summed E-state index contributed by atoms with van der Waals surface area (Å²) < 4.78 is 0. The van der Waals surface area contributed by atoms with Crippen LogP contribution in [0.1, 0.15) is 20.8 Å². The predicted molar refractivity (Wildman–Crippen MR) is 61.4 cm³/mol. The van der Waals surface area contributed by atoms with Gasteiger partial charge >= 0.3 is 12.0 Å². The number of carbonyl (C=O) groups is 2. The van der Waals surface area contributed by atoms with Crippen molar-refractivity contribution in [2.24, 2.45) is 0 Å². The minimum atomic E-state index is -1.25. The van der Waals surface area contributed by atoms with E-state index in [1.807, 2.05) is 18.9 Å². The highest BCUT2D eigenvalue weighted by atomic mass is 16.4. The molecule has 0 aromatic heterocycles. The number of aliphatic carboxylic acids is 1. The molecule has 0 aliphatic heterocycles. The maximum Gasteiger partial charge on any atom is 0.328 e. The van der Waals surface area contributed by atoms with Gasteiger partial charge in [0.2, 0.25) is 0 Å². The summed E-state index contributed by atoms with van der Waals surface area (Å²) >= 11 is 0. The van der Waals surface area contributed by atoms with Crippen molar-refractivity contribution in [3.05, 3.63) is 0 Å². The highest BCUT2D eigenvalue weighted by molar-refractivity contribution is 5.85. The Balaban J connectivity index is 3.87. The molecule has 0 heterocycles. The molecule has 0 radical (unpaired) electrons. The summed E-state index contributed by atoms with van der Waals surface area (Å²) in [4.78, 5) is 24.1. The monoisotopic (exact) mass is 231 g/mol. The van der Waals surface area contributed by atoms with Gasteiger partial charge in [-0.25, -0.2) is 9.59 Å². The first-order valence-electron chi connectivity index (χ1n) is 5.27. The van der Waals surface area contributed by atoms with E-state index in [-0.39, 0.29) is 0 Å². The molecule has 6 nitrogen and oxygen atoms in total. The number of carboxylic acids is 1. The number of urea groups is 1. The fourth-order valence-corrected chi connectivity index (χ4v) is 0.900. The van der Waals surface area contributed by atoms with Crippen molar-refractivity contribution in [3.8, 4) is 0 Å². The second-order valence-corrected chi connectivity index (χ2v) is 4.21. The van der Waals surface area contributed by atoms with E-state index in [1.54, 1.807) is 0 Å².